The largest absolute Gasteiger partial charge is 0.443 e. The van der Waals surface area contributed by atoms with E-state index in [0.717, 1.165) is 22.5 Å². The number of ether oxygens (including phenoxy) is 2. The van der Waals surface area contributed by atoms with E-state index in [1.165, 1.54) is 4.90 Å². The van der Waals surface area contributed by atoms with Gasteiger partial charge in [0.2, 0.25) is 0 Å². The lowest BCUT2D eigenvalue weighted by atomic mass is 10.0. The number of methoxy groups -OCH3 is 1. The number of hydrogen-bond donors (Lipinski definition) is 0. The van der Waals surface area contributed by atoms with Crippen LogP contribution in [-0.4, -0.2) is 59.2 Å². The quantitative estimate of drug-likeness (QED) is 0.605. The van der Waals surface area contributed by atoms with Crippen LogP contribution in [0.2, 0.25) is 0 Å². The maximum absolute atomic E-state index is 12.8. The fourth-order valence-corrected chi connectivity index (χ4v) is 3.82. The first kappa shape index (κ1) is 21.8. The molecule has 0 bridgehead atoms. The summed E-state index contributed by atoms with van der Waals surface area (Å²) in [6, 6.07) is 9.45. The highest BCUT2D eigenvalue weighted by Crippen LogP contribution is 2.33. The van der Waals surface area contributed by atoms with Gasteiger partial charge in [-0.2, -0.15) is 0 Å². The first-order valence-electron chi connectivity index (χ1n) is 10.5. The highest BCUT2D eigenvalue weighted by Gasteiger charge is 2.30. The second-order valence-corrected chi connectivity index (χ2v) is 8.85. The van der Waals surface area contributed by atoms with Crippen molar-refractivity contribution in [2.45, 2.75) is 32.9 Å². The number of carbonyl (C=O) groups is 2. The van der Waals surface area contributed by atoms with Crippen LogP contribution in [-0.2, 0) is 16.0 Å². The summed E-state index contributed by atoms with van der Waals surface area (Å²) in [6.07, 6.45) is 3.23. The van der Waals surface area contributed by atoms with E-state index in [2.05, 4.69) is 4.98 Å². The van der Waals surface area contributed by atoms with Crippen molar-refractivity contribution < 1.29 is 19.1 Å². The molecule has 0 saturated heterocycles. The summed E-state index contributed by atoms with van der Waals surface area (Å²) in [5.74, 6) is 0.0121. The molecule has 2 aromatic heterocycles. The average Bonchev–Trinajstić information content (AvgIpc) is 3.31. The molecule has 1 aliphatic rings. The number of imidazole rings is 1. The second-order valence-electron chi connectivity index (χ2n) is 8.85. The van der Waals surface area contributed by atoms with Gasteiger partial charge in [-0.15, -0.1) is 0 Å². The van der Waals surface area contributed by atoms with Gasteiger partial charge in [-0.25, -0.2) is 9.78 Å². The molecule has 32 heavy (non-hydrogen) atoms. The van der Waals surface area contributed by atoms with Crippen LogP contribution in [0.25, 0.3) is 16.9 Å². The average molecular weight is 437 g/mol. The second kappa shape index (κ2) is 8.27. The van der Waals surface area contributed by atoms with E-state index in [1.54, 1.807) is 25.3 Å². The highest BCUT2D eigenvalue weighted by molar-refractivity contribution is 6.00. The minimum atomic E-state index is -0.582. The lowest BCUT2D eigenvalue weighted by Crippen LogP contribution is -2.34. The Labute approximate surface area is 187 Å². The third-order valence-corrected chi connectivity index (χ3v) is 5.43. The van der Waals surface area contributed by atoms with Crippen molar-refractivity contribution in [1.82, 2.24) is 14.3 Å². The fourth-order valence-electron chi connectivity index (χ4n) is 3.82. The van der Waals surface area contributed by atoms with Crippen molar-refractivity contribution in [3.63, 3.8) is 0 Å². The van der Waals surface area contributed by atoms with E-state index >= 15 is 0 Å². The molecular formula is C24H28N4O4. The zero-order chi connectivity index (χ0) is 23.0. The van der Waals surface area contributed by atoms with E-state index in [1.807, 2.05) is 61.7 Å². The number of nitrogens with zero attached hydrogens (tertiary/aromatic N) is 4. The van der Waals surface area contributed by atoms with Crippen molar-refractivity contribution in [2.75, 3.05) is 32.2 Å². The number of hydrogen-bond acceptors (Lipinski definition) is 5. The monoisotopic (exact) mass is 436 g/mol. The molecule has 4 rings (SSSR count). The fraction of sp³-hybridized carbons (Fsp3) is 0.375. The Morgan fingerprint density at radius 1 is 1.19 bits per heavy atom. The van der Waals surface area contributed by atoms with E-state index in [4.69, 9.17) is 9.47 Å². The van der Waals surface area contributed by atoms with E-state index in [0.29, 0.717) is 30.9 Å². The third-order valence-electron chi connectivity index (χ3n) is 5.43. The lowest BCUT2D eigenvalue weighted by Gasteiger charge is -2.24. The minimum absolute atomic E-state index is 0.0121. The van der Waals surface area contributed by atoms with Gasteiger partial charge in [0.1, 0.15) is 11.2 Å². The van der Waals surface area contributed by atoms with Crippen LogP contribution < -0.4 is 4.90 Å². The molecule has 3 heterocycles. The van der Waals surface area contributed by atoms with Crippen molar-refractivity contribution in [2.24, 2.45) is 0 Å². The zero-order valence-electron chi connectivity index (χ0n) is 19.1. The SMILES string of the molecule is COCCN1Cc2c(cccc2-c2cnc3ccc(N(C)C(=O)OC(C)(C)C)cn23)C1=O. The summed E-state index contributed by atoms with van der Waals surface area (Å²) < 4.78 is 12.6. The predicted octanol–water partition coefficient (Wildman–Crippen LogP) is 3.97. The number of carbonyl (C=O) groups excluding carboxylic acids is 2. The summed E-state index contributed by atoms with van der Waals surface area (Å²) >= 11 is 0. The molecule has 8 heteroatoms. The molecule has 0 spiro atoms. The van der Waals surface area contributed by atoms with Gasteiger partial charge in [0.15, 0.2) is 0 Å². The van der Waals surface area contributed by atoms with Crippen LogP contribution in [0.5, 0.6) is 0 Å². The van der Waals surface area contributed by atoms with E-state index < -0.39 is 11.7 Å². The highest BCUT2D eigenvalue weighted by atomic mass is 16.6. The van der Waals surface area contributed by atoms with Crippen molar-refractivity contribution in [3.05, 3.63) is 53.9 Å². The van der Waals surface area contributed by atoms with Gasteiger partial charge >= 0.3 is 6.09 Å². The Morgan fingerprint density at radius 2 is 1.94 bits per heavy atom. The van der Waals surface area contributed by atoms with Crippen LogP contribution in [0, 0.1) is 0 Å². The number of pyridine rings is 1. The molecule has 168 valence electrons. The number of rotatable bonds is 5. The van der Waals surface area contributed by atoms with Gasteiger partial charge in [-0.1, -0.05) is 12.1 Å². The Bertz CT molecular complexity index is 1180. The molecule has 0 atom stereocenters. The van der Waals surface area contributed by atoms with Gasteiger partial charge in [-0.3, -0.25) is 14.1 Å². The van der Waals surface area contributed by atoms with Gasteiger partial charge in [0.05, 0.1) is 24.2 Å². The molecule has 0 aliphatic carbocycles. The van der Waals surface area contributed by atoms with Crippen molar-refractivity contribution in [3.8, 4) is 11.3 Å². The van der Waals surface area contributed by atoms with E-state index in [-0.39, 0.29) is 5.91 Å². The summed E-state index contributed by atoms with van der Waals surface area (Å²) in [5, 5.41) is 0. The number of anilines is 1. The Hall–Kier alpha value is -3.39. The van der Waals surface area contributed by atoms with E-state index in [9.17, 15) is 9.59 Å². The van der Waals surface area contributed by atoms with Crippen molar-refractivity contribution >= 4 is 23.3 Å². The van der Waals surface area contributed by atoms with Crippen LogP contribution in [0.4, 0.5) is 10.5 Å². The molecular weight excluding hydrogens is 408 g/mol. The summed E-state index contributed by atoms with van der Waals surface area (Å²) in [6.45, 7) is 7.07. The molecule has 1 aromatic carbocycles. The van der Waals surface area contributed by atoms with Crippen LogP contribution >= 0.6 is 0 Å². The van der Waals surface area contributed by atoms with Crippen LogP contribution in [0.1, 0.15) is 36.7 Å². The number of amides is 2. The van der Waals surface area contributed by atoms with Gasteiger partial charge in [0, 0.05) is 44.6 Å². The summed E-state index contributed by atoms with van der Waals surface area (Å²) in [4.78, 5) is 33.1. The molecule has 0 N–H and O–H groups in total. The zero-order valence-corrected chi connectivity index (χ0v) is 19.1. The Kier molecular flexibility index (Phi) is 5.64. The maximum atomic E-state index is 12.8. The van der Waals surface area contributed by atoms with Crippen LogP contribution in [0.15, 0.2) is 42.7 Å². The Balaban J connectivity index is 1.71. The number of fused-ring (bicyclic) bond motifs is 2. The van der Waals surface area contributed by atoms with Gasteiger partial charge in [0.25, 0.3) is 5.91 Å². The van der Waals surface area contributed by atoms with Crippen molar-refractivity contribution in [1.29, 1.82) is 0 Å². The predicted molar refractivity (Wildman–Crippen MR) is 122 cm³/mol. The molecule has 8 nitrogen and oxygen atoms in total. The first-order valence-corrected chi connectivity index (χ1v) is 10.5. The van der Waals surface area contributed by atoms with Gasteiger partial charge in [-0.05, 0) is 44.5 Å². The van der Waals surface area contributed by atoms with Gasteiger partial charge < -0.3 is 14.4 Å². The standard InChI is InChI=1S/C24H28N4O4/c1-24(2,3)32-23(30)26(4)16-9-10-21-25-13-20(28(21)14-16)17-7-6-8-18-19(17)15-27(22(18)29)11-12-31-5/h6-10,13-14H,11-12,15H2,1-5H3. The molecule has 0 radical (unpaired) electrons. The third kappa shape index (κ3) is 4.05. The smallest absolute Gasteiger partial charge is 0.414 e. The maximum Gasteiger partial charge on any atom is 0.414 e. The molecule has 0 unspecified atom stereocenters. The molecule has 0 saturated carbocycles. The number of benzene rings is 1. The summed E-state index contributed by atoms with van der Waals surface area (Å²) in [5.41, 5.74) is 4.33. The lowest BCUT2D eigenvalue weighted by molar-refractivity contribution is 0.0589. The Morgan fingerprint density at radius 3 is 2.66 bits per heavy atom. The van der Waals surface area contributed by atoms with Crippen LogP contribution in [0.3, 0.4) is 0 Å². The normalized spacial score (nSPS) is 13.5. The first-order chi connectivity index (χ1) is 15.2. The summed E-state index contributed by atoms with van der Waals surface area (Å²) in [7, 11) is 3.31. The molecule has 3 aromatic rings. The molecule has 2 amide bonds. The molecule has 0 fully saturated rings. The number of aromatic nitrogens is 2. The molecule has 1 aliphatic heterocycles. The minimum Gasteiger partial charge on any atom is -0.443 e. The topological polar surface area (TPSA) is 76.4 Å².